The predicted molar refractivity (Wildman–Crippen MR) is 114 cm³/mol. The number of aryl methyl sites for hydroxylation is 1. The van der Waals surface area contributed by atoms with E-state index >= 15 is 0 Å². The first-order valence-electron chi connectivity index (χ1n) is 9.42. The summed E-state index contributed by atoms with van der Waals surface area (Å²) in [6.07, 6.45) is 1.62. The summed E-state index contributed by atoms with van der Waals surface area (Å²) in [6.45, 7) is 2.11. The van der Waals surface area contributed by atoms with Crippen LogP contribution in [-0.4, -0.2) is 34.9 Å². The number of hydrogen-bond donors (Lipinski definition) is 1. The van der Waals surface area contributed by atoms with Crippen molar-refractivity contribution < 1.29 is 19.1 Å². The number of anilines is 1. The number of nitrogens with one attached hydrogen (secondary N) is 1. The topological polar surface area (TPSA) is 82.4 Å². The van der Waals surface area contributed by atoms with E-state index in [0.29, 0.717) is 17.4 Å². The highest BCUT2D eigenvalue weighted by Gasteiger charge is 2.12. The van der Waals surface area contributed by atoms with Crippen LogP contribution in [0.4, 0.5) is 5.82 Å². The summed E-state index contributed by atoms with van der Waals surface area (Å²) in [5.74, 6) is 0.237. The molecule has 0 bridgehead atoms. The number of carbonyl (C=O) groups is 2. The number of hydrogen-bond acceptors (Lipinski definition) is 5. The summed E-state index contributed by atoms with van der Waals surface area (Å²) in [5, 5.41) is 7.50. The normalized spacial score (nSPS) is 10.5. The first-order valence-corrected chi connectivity index (χ1v) is 9.80. The average molecular weight is 428 g/mol. The third-order valence-electron chi connectivity index (χ3n) is 4.28. The van der Waals surface area contributed by atoms with E-state index in [-0.39, 0.29) is 19.6 Å². The summed E-state index contributed by atoms with van der Waals surface area (Å²) in [7, 11) is 0. The first kappa shape index (κ1) is 21.4. The number of esters is 1. The third kappa shape index (κ3) is 6.09. The van der Waals surface area contributed by atoms with Crippen molar-refractivity contribution in [2.75, 3.05) is 18.5 Å². The lowest BCUT2D eigenvalue weighted by atomic mass is 10.2. The Hall–Kier alpha value is -3.32. The Bertz CT molecular complexity index is 1020. The van der Waals surface area contributed by atoms with Gasteiger partial charge < -0.3 is 14.8 Å². The van der Waals surface area contributed by atoms with E-state index in [9.17, 15) is 9.59 Å². The highest BCUT2D eigenvalue weighted by molar-refractivity contribution is 6.31. The van der Waals surface area contributed by atoms with Gasteiger partial charge in [-0.25, -0.2) is 4.68 Å². The van der Waals surface area contributed by atoms with Gasteiger partial charge in [0.05, 0.1) is 25.8 Å². The van der Waals surface area contributed by atoms with Crippen molar-refractivity contribution in [3.63, 3.8) is 0 Å². The van der Waals surface area contributed by atoms with Crippen molar-refractivity contribution in [1.82, 2.24) is 9.78 Å². The van der Waals surface area contributed by atoms with Gasteiger partial charge in [0.2, 0.25) is 0 Å². The summed E-state index contributed by atoms with van der Waals surface area (Å²) >= 11 is 6.18. The van der Waals surface area contributed by atoms with E-state index in [2.05, 4.69) is 10.4 Å². The molecule has 3 rings (SSSR count). The molecule has 0 fully saturated rings. The van der Waals surface area contributed by atoms with Crippen LogP contribution in [0.5, 0.6) is 5.75 Å². The molecular formula is C22H22ClN3O4. The fourth-order valence-electron chi connectivity index (χ4n) is 2.71. The zero-order chi connectivity index (χ0) is 21.3. The maximum atomic E-state index is 12.1. The summed E-state index contributed by atoms with van der Waals surface area (Å²) < 4.78 is 12.2. The number of para-hydroxylation sites is 1. The smallest absolute Gasteiger partial charge is 0.309 e. The monoisotopic (exact) mass is 427 g/mol. The highest BCUT2D eigenvalue weighted by Crippen LogP contribution is 2.18. The second-order valence-electron chi connectivity index (χ2n) is 6.54. The van der Waals surface area contributed by atoms with Gasteiger partial charge in [-0.1, -0.05) is 48.0 Å². The molecule has 0 aliphatic rings. The zero-order valence-electron chi connectivity index (χ0n) is 16.5. The maximum Gasteiger partial charge on any atom is 0.309 e. The number of carbonyl (C=O) groups excluding carboxylic acids is 2. The number of amides is 1. The van der Waals surface area contributed by atoms with Crippen LogP contribution in [-0.2, 0) is 20.9 Å². The predicted octanol–water partition coefficient (Wildman–Crippen LogP) is 3.84. The summed E-state index contributed by atoms with van der Waals surface area (Å²) in [4.78, 5) is 24.0. The van der Waals surface area contributed by atoms with Crippen LogP contribution in [0.15, 0.2) is 60.8 Å². The van der Waals surface area contributed by atoms with Crippen molar-refractivity contribution in [3.8, 4) is 5.75 Å². The minimum absolute atomic E-state index is 0.0477. The second kappa shape index (κ2) is 10.5. The molecule has 0 atom stereocenters. The van der Waals surface area contributed by atoms with E-state index in [4.69, 9.17) is 21.1 Å². The van der Waals surface area contributed by atoms with E-state index < -0.39 is 11.9 Å². The van der Waals surface area contributed by atoms with Crippen LogP contribution in [0.3, 0.4) is 0 Å². The largest absolute Gasteiger partial charge is 0.493 e. The number of halogens is 1. The molecule has 0 spiro atoms. The molecule has 1 amide bonds. The van der Waals surface area contributed by atoms with Gasteiger partial charge in [-0.05, 0) is 30.2 Å². The molecule has 1 aromatic heterocycles. The van der Waals surface area contributed by atoms with Gasteiger partial charge in [-0.3, -0.25) is 9.59 Å². The van der Waals surface area contributed by atoms with Crippen molar-refractivity contribution in [2.45, 2.75) is 19.9 Å². The Labute approximate surface area is 179 Å². The average Bonchev–Trinajstić information content (AvgIpc) is 3.16. The molecule has 156 valence electrons. The number of ether oxygens (including phenoxy) is 2. The Morgan fingerprint density at radius 2 is 1.87 bits per heavy atom. The summed E-state index contributed by atoms with van der Waals surface area (Å²) in [6, 6.07) is 16.6. The lowest BCUT2D eigenvalue weighted by molar-refractivity contribution is -0.147. The number of aromatic nitrogens is 2. The molecule has 0 saturated carbocycles. The van der Waals surface area contributed by atoms with Crippen molar-refractivity contribution in [2.24, 2.45) is 0 Å². The Morgan fingerprint density at radius 1 is 1.10 bits per heavy atom. The van der Waals surface area contributed by atoms with E-state index in [1.54, 1.807) is 23.0 Å². The van der Waals surface area contributed by atoms with Crippen LogP contribution < -0.4 is 10.1 Å². The molecule has 0 unspecified atom stereocenters. The Morgan fingerprint density at radius 3 is 2.67 bits per heavy atom. The highest BCUT2D eigenvalue weighted by atomic mass is 35.5. The molecule has 0 aliphatic carbocycles. The lowest BCUT2D eigenvalue weighted by Gasteiger charge is -2.11. The molecular weight excluding hydrogens is 406 g/mol. The van der Waals surface area contributed by atoms with Crippen LogP contribution >= 0.6 is 11.6 Å². The fourth-order valence-corrected chi connectivity index (χ4v) is 2.91. The quantitative estimate of drug-likeness (QED) is 0.524. The molecule has 1 heterocycles. The lowest BCUT2D eigenvalue weighted by Crippen LogP contribution is -2.23. The van der Waals surface area contributed by atoms with Crippen LogP contribution in [0.2, 0.25) is 5.02 Å². The minimum Gasteiger partial charge on any atom is -0.493 e. The number of rotatable bonds is 9. The molecule has 7 nitrogen and oxygen atoms in total. The molecule has 0 aliphatic heterocycles. The van der Waals surface area contributed by atoms with E-state index in [0.717, 1.165) is 16.9 Å². The molecule has 0 saturated heterocycles. The molecule has 8 heteroatoms. The molecule has 2 aromatic carbocycles. The van der Waals surface area contributed by atoms with Crippen molar-refractivity contribution >= 4 is 29.3 Å². The van der Waals surface area contributed by atoms with E-state index in [1.807, 2.05) is 49.4 Å². The van der Waals surface area contributed by atoms with Crippen LogP contribution in [0.25, 0.3) is 0 Å². The minimum atomic E-state index is -0.511. The molecule has 30 heavy (non-hydrogen) atoms. The van der Waals surface area contributed by atoms with Gasteiger partial charge >= 0.3 is 5.97 Å². The number of benzene rings is 2. The standard InChI is InChI=1S/C22H22ClN3O4/c1-16-6-2-5-9-19(16)29-13-11-22(28)30-15-21(27)25-20-10-12-24-26(20)14-17-7-3-4-8-18(17)23/h2-10,12H,11,13-15H2,1H3,(H,25,27). The van der Waals surface area contributed by atoms with Gasteiger partial charge in [0.25, 0.3) is 5.91 Å². The third-order valence-corrected chi connectivity index (χ3v) is 4.65. The van der Waals surface area contributed by atoms with Crippen molar-refractivity contribution in [1.29, 1.82) is 0 Å². The fraction of sp³-hybridized carbons (Fsp3) is 0.227. The van der Waals surface area contributed by atoms with Gasteiger partial charge in [0.15, 0.2) is 6.61 Å². The maximum absolute atomic E-state index is 12.1. The van der Waals surface area contributed by atoms with Crippen molar-refractivity contribution in [3.05, 3.63) is 76.9 Å². The van der Waals surface area contributed by atoms with Crippen LogP contribution in [0.1, 0.15) is 17.5 Å². The summed E-state index contributed by atoms with van der Waals surface area (Å²) in [5.41, 5.74) is 1.86. The molecule has 0 radical (unpaired) electrons. The Kier molecular flexibility index (Phi) is 7.45. The number of nitrogens with zero attached hydrogens (tertiary/aromatic N) is 2. The molecule has 3 aromatic rings. The van der Waals surface area contributed by atoms with Crippen LogP contribution in [0, 0.1) is 6.92 Å². The van der Waals surface area contributed by atoms with Gasteiger partial charge in [0.1, 0.15) is 11.6 Å². The van der Waals surface area contributed by atoms with Gasteiger partial charge in [-0.2, -0.15) is 5.10 Å². The molecule has 1 N–H and O–H groups in total. The van der Waals surface area contributed by atoms with E-state index in [1.165, 1.54) is 0 Å². The Balaban J connectivity index is 1.43. The first-order chi connectivity index (χ1) is 14.5. The zero-order valence-corrected chi connectivity index (χ0v) is 17.3. The SMILES string of the molecule is Cc1ccccc1OCCC(=O)OCC(=O)Nc1ccnn1Cc1ccccc1Cl. The van der Waals surface area contributed by atoms with Gasteiger partial charge in [-0.15, -0.1) is 0 Å². The van der Waals surface area contributed by atoms with Gasteiger partial charge in [0, 0.05) is 11.1 Å². The second-order valence-corrected chi connectivity index (χ2v) is 6.95.